The third-order valence-corrected chi connectivity index (χ3v) is 4.50. The molecule has 0 aliphatic carbocycles. The third-order valence-electron chi connectivity index (χ3n) is 4.50. The van der Waals surface area contributed by atoms with Crippen LogP contribution in [0.25, 0.3) is 0 Å². The molecule has 0 spiro atoms. The molecular formula is C17H26N2O4. The van der Waals surface area contributed by atoms with Gasteiger partial charge >= 0.3 is 0 Å². The van der Waals surface area contributed by atoms with E-state index in [4.69, 9.17) is 19.9 Å². The van der Waals surface area contributed by atoms with Crippen LogP contribution < -0.4 is 20.5 Å². The van der Waals surface area contributed by atoms with Crippen molar-refractivity contribution in [2.24, 2.45) is 11.1 Å². The van der Waals surface area contributed by atoms with Crippen LogP contribution in [-0.4, -0.2) is 46.4 Å². The average molecular weight is 322 g/mol. The lowest BCUT2D eigenvalue weighted by Crippen LogP contribution is -2.49. The van der Waals surface area contributed by atoms with E-state index < -0.39 is 5.41 Å². The van der Waals surface area contributed by atoms with Gasteiger partial charge in [-0.15, -0.1) is 0 Å². The van der Waals surface area contributed by atoms with E-state index in [0.29, 0.717) is 45.6 Å². The molecule has 23 heavy (non-hydrogen) atoms. The van der Waals surface area contributed by atoms with Gasteiger partial charge in [-0.1, -0.05) is 6.07 Å². The second-order valence-electron chi connectivity index (χ2n) is 5.78. The van der Waals surface area contributed by atoms with Crippen LogP contribution in [0.1, 0.15) is 18.4 Å². The van der Waals surface area contributed by atoms with Crippen LogP contribution in [0.3, 0.4) is 0 Å². The second kappa shape index (κ2) is 8.17. The zero-order chi connectivity index (χ0) is 16.7. The van der Waals surface area contributed by atoms with Crippen molar-refractivity contribution in [2.45, 2.75) is 19.3 Å². The highest BCUT2D eigenvalue weighted by Crippen LogP contribution is 2.29. The quantitative estimate of drug-likeness (QED) is 0.786. The lowest BCUT2D eigenvalue weighted by Gasteiger charge is -2.34. The summed E-state index contributed by atoms with van der Waals surface area (Å²) >= 11 is 0. The molecular weight excluding hydrogens is 296 g/mol. The Bertz CT molecular complexity index is 527. The van der Waals surface area contributed by atoms with Gasteiger partial charge in [-0.3, -0.25) is 4.79 Å². The number of hydrogen-bond donors (Lipinski definition) is 2. The zero-order valence-electron chi connectivity index (χ0n) is 13.9. The van der Waals surface area contributed by atoms with E-state index in [2.05, 4.69) is 5.32 Å². The number of carbonyl (C=O) groups excluding carboxylic acids is 1. The molecule has 6 nitrogen and oxygen atoms in total. The second-order valence-corrected chi connectivity index (χ2v) is 5.78. The molecule has 2 rings (SSSR count). The molecule has 1 aliphatic rings. The molecule has 128 valence electrons. The first-order chi connectivity index (χ1) is 11.1. The van der Waals surface area contributed by atoms with Crippen LogP contribution in [0.4, 0.5) is 0 Å². The highest BCUT2D eigenvalue weighted by Gasteiger charge is 2.38. The van der Waals surface area contributed by atoms with Crippen LogP contribution in [0.15, 0.2) is 18.2 Å². The van der Waals surface area contributed by atoms with Crippen molar-refractivity contribution < 1.29 is 19.0 Å². The van der Waals surface area contributed by atoms with Gasteiger partial charge in [-0.05, 0) is 30.9 Å². The number of benzene rings is 1. The SMILES string of the molecule is COc1ccc(CCNC(=O)C2(CN)CCOCC2)c(OC)c1. The molecule has 1 heterocycles. The fraction of sp³-hybridized carbons (Fsp3) is 0.588. The summed E-state index contributed by atoms with van der Waals surface area (Å²) in [7, 11) is 3.25. The Morgan fingerprint density at radius 2 is 2.04 bits per heavy atom. The van der Waals surface area contributed by atoms with Crippen LogP contribution in [0, 0.1) is 5.41 Å². The topological polar surface area (TPSA) is 82.8 Å². The van der Waals surface area contributed by atoms with Crippen molar-refractivity contribution in [1.82, 2.24) is 5.32 Å². The van der Waals surface area contributed by atoms with Crippen LogP contribution in [0.2, 0.25) is 0 Å². The van der Waals surface area contributed by atoms with Gasteiger partial charge in [0.15, 0.2) is 0 Å². The normalized spacial score (nSPS) is 16.7. The monoisotopic (exact) mass is 322 g/mol. The summed E-state index contributed by atoms with van der Waals surface area (Å²) in [6, 6.07) is 5.69. The summed E-state index contributed by atoms with van der Waals surface area (Å²) in [6.07, 6.45) is 2.05. The lowest BCUT2D eigenvalue weighted by atomic mass is 9.79. The van der Waals surface area contributed by atoms with Crippen LogP contribution in [0.5, 0.6) is 11.5 Å². The molecule has 0 saturated carbocycles. The first kappa shape index (κ1) is 17.6. The van der Waals surface area contributed by atoms with Gasteiger partial charge in [-0.25, -0.2) is 0 Å². The summed E-state index contributed by atoms with van der Waals surface area (Å²) in [4.78, 5) is 12.5. The molecule has 3 N–H and O–H groups in total. The van der Waals surface area contributed by atoms with Gasteiger partial charge in [0, 0.05) is 32.4 Å². The number of hydrogen-bond acceptors (Lipinski definition) is 5. The van der Waals surface area contributed by atoms with Gasteiger partial charge in [0.2, 0.25) is 5.91 Å². The van der Waals surface area contributed by atoms with E-state index in [9.17, 15) is 4.79 Å². The number of carbonyl (C=O) groups is 1. The van der Waals surface area contributed by atoms with Gasteiger partial charge in [-0.2, -0.15) is 0 Å². The van der Waals surface area contributed by atoms with E-state index in [1.807, 2.05) is 18.2 Å². The molecule has 0 atom stereocenters. The Kier molecular flexibility index (Phi) is 6.24. The van der Waals surface area contributed by atoms with Crippen molar-refractivity contribution in [3.05, 3.63) is 23.8 Å². The third kappa shape index (κ3) is 4.14. The molecule has 0 unspecified atom stereocenters. The molecule has 0 aromatic heterocycles. The predicted molar refractivity (Wildman–Crippen MR) is 87.8 cm³/mol. The van der Waals surface area contributed by atoms with Crippen LogP contribution in [-0.2, 0) is 16.0 Å². The number of nitrogens with two attached hydrogens (primary N) is 1. The van der Waals surface area contributed by atoms with E-state index in [1.165, 1.54) is 0 Å². The maximum Gasteiger partial charge on any atom is 0.227 e. The average Bonchev–Trinajstić information content (AvgIpc) is 2.62. The Balaban J connectivity index is 1.92. The summed E-state index contributed by atoms with van der Waals surface area (Å²) < 4.78 is 15.9. The molecule has 1 aliphatic heterocycles. The Morgan fingerprint density at radius 1 is 1.30 bits per heavy atom. The Morgan fingerprint density at radius 3 is 2.65 bits per heavy atom. The fourth-order valence-electron chi connectivity index (χ4n) is 2.84. The highest BCUT2D eigenvalue weighted by atomic mass is 16.5. The fourth-order valence-corrected chi connectivity index (χ4v) is 2.84. The number of nitrogens with one attached hydrogen (secondary N) is 1. The predicted octanol–water partition coefficient (Wildman–Crippen LogP) is 1.12. The van der Waals surface area contributed by atoms with E-state index in [-0.39, 0.29) is 5.91 Å². The summed E-state index contributed by atoms with van der Waals surface area (Å²) in [5.41, 5.74) is 6.40. The maximum absolute atomic E-state index is 12.5. The van der Waals surface area contributed by atoms with Crippen LogP contribution >= 0.6 is 0 Å². The molecule has 1 fully saturated rings. The number of ether oxygens (including phenoxy) is 3. The van der Waals surface area contributed by atoms with Gasteiger partial charge in [0.25, 0.3) is 0 Å². The minimum Gasteiger partial charge on any atom is -0.497 e. The summed E-state index contributed by atoms with van der Waals surface area (Å²) in [5, 5.41) is 3.01. The van der Waals surface area contributed by atoms with Gasteiger partial charge < -0.3 is 25.3 Å². The smallest absolute Gasteiger partial charge is 0.227 e. The molecule has 0 radical (unpaired) electrons. The van der Waals surface area contributed by atoms with E-state index >= 15 is 0 Å². The van der Waals surface area contributed by atoms with E-state index in [0.717, 1.165) is 17.1 Å². The van der Waals surface area contributed by atoms with Crippen molar-refractivity contribution in [3.8, 4) is 11.5 Å². The number of methoxy groups -OCH3 is 2. The van der Waals surface area contributed by atoms with Crippen molar-refractivity contribution in [1.29, 1.82) is 0 Å². The Hall–Kier alpha value is -1.79. The van der Waals surface area contributed by atoms with Gasteiger partial charge in [0.1, 0.15) is 11.5 Å². The molecule has 1 saturated heterocycles. The minimum atomic E-state index is -0.484. The molecule has 1 aromatic rings. The molecule has 6 heteroatoms. The lowest BCUT2D eigenvalue weighted by molar-refractivity contribution is -0.135. The highest BCUT2D eigenvalue weighted by molar-refractivity contribution is 5.83. The molecule has 1 aromatic carbocycles. The largest absolute Gasteiger partial charge is 0.497 e. The first-order valence-electron chi connectivity index (χ1n) is 7.92. The number of rotatable bonds is 7. The van der Waals surface area contributed by atoms with Crippen molar-refractivity contribution >= 4 is 5.91 Å². The maximum atomic E-state index is 12.5. The molecule has 0 bridgehead atoms. The first-order valence-corrected chi connectivity index (χ1v) is 7.92. The van der Waals surface area contributed by atoms with Crippen molar-refractivity contribution in [3.63, 3.8) is 0 Å². The molecule has 1 amide bonds. The van der Waals surface area contributed by atoms with E-state index in [1.54, 1.807) is 14.2 Å². The van der Waals surface area contributed by atoms with Gasteiger partial charge in [0.05, 0.1) is 19.6 Å². The summed E-state index contributed by atoms with van der Waals surface area (Å²) in [6.45, 7) is 2.09. The standard InChI is InChI=1S/C17H26N2O4/c1-21-14-4-3-13(15(11-14)22-2)5-8-19-16(20)17(12-18)6-9-23-10-7-17/h3-4,11H,5-10,12,18H2,1-2H3,(H,19,20). The van der Waals surface area contributed by atoms with Crippen molar-refractivity contribution in [2.75, 3.05) is 40.5 Å². The Labute approximate surface area is 137 Å². The minimum absolute atomic E-state index is 0.0239. The summed E-state index contributed by atoms with van der Waals surface area (Å²) in [5.74, 6) is 1.54. The number of amides is 1. The zero-order valence-corrected chi connectivity index (χ0v) is 13.9.